The van der Waals surface area contributed by atoms with Crippen LogP contribution in [0.25, 0.3) is 0 Å². The Morgan fingerprint density at radius 1 is 1.33 bits per heavy atom. The van der Waals surface area contributed by atoms with E-state index in [1.54, 1.807) is 0 Å². The Morgan fingerprint density at radius 3 is 2.67 bits per heavy atom. The van der Waals surface area contributed by atoms with E-state index in [0.717, 1.165) is 12.8 Å². The van der Waals surface area contributed by atoms with Gasteiger partial charge in [0, 0.05) is 6.42 Å². The van der Waals surface area contributed by atoms with Crippen molar-refractivity contribution in [1.29, 1.82) is 0 Å². The number of ketones is 1. The van der Waals surface area contributed by atoms with Gasteiger partial charge in [-0.3, -0.25) is 4.79 Å². The van der Waals surface area contributed by atoms with E-state index in [0.29, 0.717) is 30.9 Å². The molecule has 0 saturated carbocycles. The van der Waals surface area contributed by atoms with Gasteiger partial charge < -0.3 is 10.5 Å². The van der Waals surface area contributed by atoms with Gasteiger partial charge in [0.15, 0.2) is 5.78 Å². The summed E-state index contributed by atoms with van der Waals surface area (Å²) in [6.45, 7) is 5.30. The first kappa shape index (κ1) is 14.7. The summed E-state index contributed by atoms with van der Waals surface area (Å²) in [4.78, 5) is 12.2. The van der Waals surface area contributed by atoms with Gasteiger partial charge in [0.1, 0.15) is 5.75 Å². The number of benzene rings is 1. The fourth-order valence-corrected chi connectivity index (χ4v) is 1.80. The summed E-state index contributed by atoms with van der Waals surface area (Å²) in [5.41, 5.74) is 6.32. The Balaban J connectivity index is 2.77. The van der Waals surface area contributed by atoms with Crippen molar-refractivity contribution in [3.63, 3.8) is 0 Å². The number of para-hydroxylation sites is 1. The lowest BCUT2D eigenvalue weighted by molar-refractivity contribution is 0.0957. The quantitative estimate of drug-likeness (QED) is 0.720. The van der Waals surface area contributed by atoms with Crippen LogP contribution >= 0.6 is 0 Å². The second-order valence-electron chi connectivity index (χ2n) is 4.48. The first-order chi connectivity index (χ1) is 8.72. The number of ether oxygens (including phenoxy) is 1. The summed E-state index contributed by atoms with van der Waals surface area (Å²) in [5.74, 6) is 1.08. The first-order valence-corrected chi connectivity index (χ1v) is 6.68. The van der Waals surface area contributed by atoms with E-state index in [2.05, 4.69) is 6.92 Å². The molecule has 0 aliphatic carbocycles. The van der Waals surface area contributed by atoms with Crippen molar-refractivity contribution in [2.45, 2.75) is 33.1 Å². The predicted molar refractivity (Wildman–Crippen MR) is 74.0 cm³/mol. The molecule has 0 radical (unpaired) electrons. The highest BCUT2D eigenvalue weighted by molar-refractivity contribution is 5.98. The van der Waals surface area contributed by atoms with Gasteiger partial charge in [-0.25, -0.2) is 0 Å². The fourth-order valence-electron chi connectivity index (χ4n) is 1.80. The molecule has 0 saturated heterocycles. The molecule has 3 heteroatoms. The molecule has 2 N–H and O–H groups in total. The number of carbonyl (C=O) groups is 1. The van der Waals surface area contributed by atoms with E-state index in [1.165, 1.54) is 0 Å². The van der Waals surface area contributed by atoms with Crippen molar-refractivity contribution in [2.24, 2.45) is 11.7 Å². The molecule has 1 aromatic carbocycles. The average molecular weight is 249 g/mol. The van der Waals surface area contributed by atoms with E-state index in [9.17, 15) is 4.79 Å². The van der Waals surface area contributed by atoms with Crippen LogP contribution in [0.15, 0.2) is 24.3 Å². The van der Waals surface area contributed by atoms with E-state index < -0.39 is 0 Å². The van der Waals surface area contributed by atoms with Crippen LogP contribution in [0, 0.1) is 5.92 Å². The van der Waals surface area contributed by atoms with Gasteiger partial charge in [-0.1, -0.05) is 32.4 Å². The fraction of sp³-hybridized carbons (Fsp3) is 0.533. The third kappa shape index (κ3) is 4.15. The molecule has 0 spiro atoms. The zero-order chi connectivity index (χ0) is 13.4. The number of rotatable bonds is 8. The summed E-state index contributed by atoms with van der Waals surface area (Å²) in [6.07, 6.45) is 2.36. The first-order valence-electron chi connectivity index (χ1n) is 6.68. The molecule has 0 aliphatic heterocycles. The molecule has 0 amide bonds. The molecule has 0 fully saturated rings. The maximum Gasteiger partial charge on any atom is 0.166 e. The third-order valence-corrected chi connectivity index (χ3v) is 3.03. The highest BCUT2D eigenvalue weighted by Gasteiger charge is 2.16. The van der Waals surface area contributed by atoms with Crippen LogP contribution in [0.4, 0.5) is 0 Å². The number of carbonyl (C=O) groups excluding carboxylic acids is 1. The van der Waals surface area contributed by atoms with Gasteiger partial charge in [0.05, 0.1) is 12.2 Å². The van der Waals surface area contributed by atoms with Crippen molar-refractivity contribution in [3.05, 3.63) is 29.8 Å². The Bertz CT molecular complexity index is 373. The van der Waals surface area contributed by atoms with Gasteiger partial charge in [-0.05, 0) is 31.0 Å². The highest BCUT2D eigenvalue weighted by atomic mass is 16.5. The minimum atomic E-state index is 0.124. The Morgan fingerprint density at radius 2 is 2.06 bits per heavy atom. The number of hydrogen-bond donors (Lipinski definition) is 1. The van der Waals surface area contributed by atoms with Gasteiger partial charge in [-0.15, -0.1) is 0 Å². The molecule has 1 aromatic rings. The van der Waals surface area contributed by atoms with Gasteiger partial charge in [0.2, 0.25) is 0 Å². The van der Waals surface area contributed by atoms with Crippen molar-refractivity contribution in [3.8, 4) is 5.75 Å². The topological polar surface area (TPSA) is 52.3 Å². The van der Waals surface area contributed by atoms with Crippen LogP contribution in [-0.4, -0.2) is 18.9 Å². The van der Waals surface area contributed by atoms with Crippen molar-refractivity contribution < 1.29 is 9.53 Å². The van der Waals surface area contributed by atoms with E-state index in [4.69, 9.17) is 10.5 Å². The lowest BCUT2D eigenvalue weighted by atomic mass is 9.96. The number of nitrogens with two attached hydrogens (primary N) is 1. The SMILES string of the molecule is CCCOc1ccccc1C(=O)CC(CC)CN. The Labute approximate surface area is 109 Å². The molecule has 3 nitrogen and oxygen atoms in total. The summed E-state index contributed by atoms with van der Waals surface area (Å²) in [7, 11) is 0. The highest BCUT2D eigenvalue weighted by Crippen LogP contribution is 2.22. The van der Waals surface area contributed by atoms with Crippen molar-refractivity contribution in [2.75, 3.05) is 13.2 Å². The van der Waals surface area contributed by atoms with E-state index >= 15 is 0 Å². The molecule has 100 valence electrons. The molecule has 1 rings (SSSR count). The van der Waals surface area contributed by atoms with E-state index in [1.807, 2.05) is 31.2 Å². The molecule has 0 aromatic heterocycles. The standard InChI is InChI=1S/C15H23NO2/c1-3-9-18-15-8-6-5-7-13(15)14(17)10-12(4-2)11-16/h5-8,12H,3-4,9-11,16H2,1-2H3. The van der Waals surface area contributed by atoms with Crippen LogP contribution in [-0.2, 0) is 0 Å². The van der Waals surface area contributed by atoms with Crippen molar-refractivity contribution >= 4 is 5.78 Å². The molecule has 0 aliphatic rings. The Kier molecular flexibility index (Phi) is 6.44. The lowest BCUT2D eigenvalue weighted by Crippen LogP contribution is -2.18. The molecule has 1 unspecified atom stereocenters. The molecule has 0 bridgehead atoms. The lowest BCUT2D eigenvalue weighted by Gasteiger charge is -2.13. The minimum Gasteiger partial charge on any atom is -0.493 e. The summed E-state index contributed by atoms with van der Waals surface area (Å²) >= 11 is 0. The average Bonchev–Trinajstić information content (AvgIpc) is 2.42. The predicted octanol–water partition coefficient (Wildman–Crippen LogP) is 3.03. The summed E-state index contributed by atoms with van der Waals surface area (Å²) in [6, 6.07) is 7.44. The van der Waals surface area contributed by atoms with Crippen LogP contribution in [0.3, 0.4) is 0 Å². The second kappa shape index (κ2) is 7.88. The number of Topliss-reactive ketones (excluding diaryl/α,β-unsaturated/α-hetero) is 1. The molecule has 0 heterocycles. The molecule has 1 atom stereocenters. The minimum absolute atomic E-state index is 0.124. The number of hydrogen-bond acceptors (Lipinski definition) is 3. The van der Waals surface area contributed by atoms with Crippen molar-refractivity contribution in [1.82, 2.24) is 0 Å². The monoisotopic (exact) mass is 249 g/mol. The maximum atomic E-state index is 12.2. The smallest absolute Gasteiger partial charge is 0.166 e. The third-order valence-electron chi connectivity index (χ3n) is 3.03. The second-order valence-corrected chi connectivity index (χ2v) is 4.48. The van der Waals surface area contributed by atoms with Crippen LogP contribution < -0.4 is 10.5 Å². The Hall–Kier alpha value is -1.35. The molecular formula is C15H23NO2. The molecular weight excluding hydrogens is 226 g/mol. The van der Waals surface area contributed by atoms with Crippen LogP contribution in [0.2, 0.25) is 0 Å². The zero-order valence-electron chi connectivity index (χ0n) is 11.3. The van der Waals surface area contributed by atoms with E-state index in [-0.39, 0.29) is 11.7 Å². The molecule has 18 heavy (non-hydrogen) atoms. The largest absolute Gasteiger partial charge is 0.493 e. The van der Waals surface area contributed by atoms with Gasteiger partial charge in [0.25, 0.3) is 0 Å². The van der Waals surface area contributed by atoms with Gasteiger partial charge >= 0.3 is 0 Å². The summed E-state index contributed by atoms with van der Waals surface area (Å²) in [5, 5.41) is 0. The van der Waals surface area contributed by atoms with Gasteiger partial charge in [-0.2, -0.15) is 0 Å². The van der Waals surface area contributed by atoms with Crippen LogP contribution in [0.5, 0.6) is 5.75 Å². The normalized spacial score (nSPS) is 12.2. The summed E-state index contributed by atoms with van der Waals surface area (Å²) < 4.78 is 5.60. The van der Waals surface area contributed by atoms with Crippen LogP contribution in [0.1, 0.15) is 43.5 Å². The maximum absolute atomic E-state index is 12.2. The zero-order valence-corrected chi connectivity index (χ0v) is 11.3.